The molecule has 4 heteroatoms. The smallest absolute Gasteiger partial charge is 0.163 e. The number of fused-ring (bicyclic) bond motifs is 1. The summed E-state index contributed by atoms with van der Waals surface area (Å²) in [6, 6.07) is 3.94. The summed E-state index contributed by atoms with van der Waals surface area (Å²) >= 11 is 0. The van der Waals surface area contributed by atoms with E-state index in [-0.39, 0.29) is 0 Å². The number of nitrogens with two attached hydrogens (primary N) is 1. The van der Waals surface area contributed by atoms with Crippen LogP contribution >= 0.6 is 0 Å². The lowest BCUT2D eigenvalue weighted by molar-refractivity contribution is 0.172. The average molecular weight is 262 g/mol. The molecule has 1 aromatic carbocycles. The Morgan fingerprint density at radius 1 is 1.11 bits per heavy atom. The molecule has 2 aliphatic rings. The van der Waals surface area contributed by atoms with Gasteiger partial charge in [-0.25, -0.2) is 0 Å². The third kappa shape index (κ3) is 2.57. The van der Waals surface area contributed by atoms with Crippen molar-refractivity contribution in [2.75, 3.05) is 36.9 Å². The van der Waals surface area contributed by atoms with Crippen LogP contribution < -0.4 is 20.1 Å². The van der Waals surface area contributed by atoms with Crippen molar-refractivity contribution in [3.63, 3.8) is 0 Å². The van der Waals surface area contributed by atoms with E-state index in [2.05, 4.69) is 11.8 Å². The van der Waals surface area contributed by atoms with Gasteiger partial charge >= 0.3 is 0 Å². The van der Waals surface area contributed by atoms with Crippen LogP contribution in [0.15, 0.2) is 12.1 Å². The molecule has 0 saturated carbocycles. The van der Waals surface area contributed by atoms with Crippen LogP contribution in [0.2, 0.25) is 0 Å². The summed E-state index contributed by atoms with van der Waals surface area (Å²) in [6.45, 7) is 5.70. The molecule has 1 unspecified atom stereocenters. The maximum atomic E-state index is 6.18. The number of anilines is 2. The first-order chi connectivity index (χ1) is 9.24. The Hall–Kier alpha value is -1.58. The molecule has 0 amide bonds. The number of benzene rings is 1. The summed E-state index contributed by atoms with van der Waals surface area (Å²) < 4.78 is 11.2. The first-order valence-corrected chi connectivity index (χ1v) is 7.18. The third-order valence-corrected chi connectivity index (χ3v) is 4.05. The summed E-state index contributed by atoms with van der Waals surface area (Å²) in [5.41, 5.74) is 8.07. The first kappa shape index (κ1) is 12.5. The third-order valence-electron chi connectivity index (χ3n) is 4.05. The monoisotopic (exact) mass is 262 g/mol. The fraction of sp³-hybridized carbons (Fsp3) is 0.600. The molecule has 4 nitrogen and oxygen atoms in total. The van der Waals surface area contributed by atoms with Crippen molar-refractivity contribution in [1.29, 1.82) is 0 Å². The van der Waals surface area contributed by atoms with Crippen LogP contribution in [0.5, 0.6) is 11.5 Å². The van der Waals surface area contributed by atoms with Crippen LogP contribution in [-0.2, 0) is 0 Å². The minimum absolute atomic E-state index is 0.604. The lowest BCUT2D eigenvalue weighted by atomic mass is 10.0. The zero-order valence-corrected chi connectivity index (χ0v) is 11.5. The molecule has 3 rings (SSSR count). The Labute approximate surface area is 114 Å². The average Bonchev–Trinajstić information content (AvgIpc) is 2.63. The highest BCUT2D eigenvalue weighted by molar-refractivity contribution is 5.73. The van der Waals surface area contributed by atoms with Gasteiger partial charge in [0.2, 0.25) is 0 Å². The molecule has 1 atom stereocenters. The second-order valence-electron chi connectivity index (χ2n) is 5.58. The van der Waals surface area contributed by atoms with Crippen LogP contribution in [0.25, 0.3) is 0 Å². The van der Waals surface area contributed by atoms with Gasteiger partial charge in [-0.1, -0.05) is 6.92 Å². The van der Waals surface area contributed by atoms with Gasteiger partial charge in [0.05, 0.1) is 11.4 Å². The molecule has 2 heterocycles. The molecule has 0 radical (unpaired) electrons. The number of hydrogen-bond donors (Lipinski definition) is 1. The van der Waals surface area contributed by atoms with Gasteiger partial charge in [0.1, 0.15) is 13.2 Å². The van der Waals surface area contributed by atoms with Gasteiger partial charge in [-0.05, 0) is 25.2 Å². The number of nitrogens with zero attached hydrogens (tertiary/aromatic N) is 1. The topological polar surface area (TPSA) is 47.7 Å². The van der Waals surface area contributed by atoms with Crippen LogP contribution in [-0.4, -0.2) is 26.3 Å². The Bertz CT molecular complexity index is 462. The number of rotatable bonds is 1. The molecule has 1 saturated heterocycles. The molecule has 19 heavy (non-hydrogen) atoms. The minimum atomic E-state index is 0.604. The summed E-state index contributed by atoms with van der Waals surface area (Å²) in [7, 11) is 0. The predicted octanol–water partition coefficient (Wildman–Crippen LogP) is 2.67. The second-order valence-corrected chi connectivity index (χ2v) is 5.58. The highest BCUT2D eigenvalue weighted by atomic mass is 16.6. The largest absolute Gasteiger partial charge is 0.486 e. The van der Waals surface area contributed by atoms with E-state index in [1.807, 2.05) is 12.1 Å². The zero-order chi connectivity index (χ0) is 13.2. The molecule has 0 spiro atoms. The summed E-state index contributed by atoms with van der Waals surface area (Å²) in [5, 5.41) is 0. The van der Waals surface area contributed by atoms with Crippen molar-refractivity contribution < 1.29 is 9.47 Å². The van der Waals surface area contributed by atoms with Crippen molar-refractivity contribution in [2.24, 2.45) is 5.92 Å². The van der Waals surface area contributed by atoms with E-state index in [0.717, 1.165) is 41.9 Å². The molecule has 1 fully saturated rings. The lowest BCUT2D eigenvalue weighted by Gasteiger charge is -2.27. The van der Waals surface area contributed by atoms with Gasteiger partial charge in [-0.2, -0.15) is 0 Å². The first-order valence-electron chi connectivity index (χ1n) is 7.18. The zero-order valence-electron chi connectivity index (χ0n) is 11.5. The summed E-state index contributed by atoms with van der Waals surface area (Å²) in [6.07, 6.45) is 3.77. The highest BCUT2D eigenvalue weighted by Crippen LogP contribution is 2.39. The van der Waals surface area contributed by atoms with E-state index in [9.17, 15) is 0 Å². The van der Waals surface area contributed by atoms with E-state index in [1.54, 1.807) is 0 Å². The molecule has 2 aliphatic heterocycles. The molecule has 1 aromatic rings. The predicted molar refractivity (Wildman–Crippen MR) is 77.1 cm³/mol. The fourth-order valence-electron chi connectivity index (χ4n) is 2.87. The standard InChI is InChI=1S/C15H22N2O2/c1-11-3-2-5-17(6-4-11)13-10-15-14(9-12(13)16)18-7-8-19-15/h9-11H,2-8,16H2,1H3. The minimum Gasteiger partial charge on any atom is -0.486 e. The van der Waals surface area contributed by atoms with Crippen LogP contribution in [0.3, 0.4) is 0 Å². The van der Waals surface area contributed by atoms with Gasteiger partial charge in [0.15, 0.2) is 11.5 Å². The lowest BCUT2D eigenvalue weighted by Crippen LogP contribution is -2.25. The van der Waals surface area contributed by atoms with Crippen molar-refractivity contribution in [3.05, 3.63) is 12.1 Å². The molecule has 0 aromatic heterocycles. The molecular formula is C15H22N2O2. The maximum Gasteiger partial charge on any atom is 0.163 e. The van der Waals surface area contributed by atoms with E-state index in [0.29, 0.717) is 13.2 Å². The number of nitrogen functional groups attached to an aromatic ring is 1. The fourth-order valence-corrected chi connectivity index (χ4v) is 2.87. The van der Waals surface area contributed by atoms with Crippen molar-refractivity contribution in [1.82, 2.24) is 0 Å². The van der Waals surface area contributed by atoms with Crippen molar-refractivity contribution in [3.8, 4) is 11.5 Å². The Morgan fingerprint density at radius 3 is 2.63 bits per heavy atom. The Kier molecular flexibility index (Phi) is 3.40. The van der Waals surface area contributed by atoms with Crippen molar-refractivity contribution in [2.45, 2.75) is 26.2 Å². The van der Waals surface area contributed by atoms with Crippen molar-refractivity contribution >= 4 is 11.4 Å². The van der Waals surface area contributed by atoms with Gasteiger partial charge in [0.25, 0.3) is 0 Å². The molecule has 0 aliphatic carbocycles. The Morgan fingerprint density at radius 2 is 1.84 bits per heavy atom. The van der Waals surface area contributed by atoms with E-state index < -0.39 is 0 Å². The molecule has 0 bridgehead atoms. The normalized spacial score (nSPS) is 23.0. The second kappa shape index (κ2) is 5.19. The van der Waals surface area contributed by atoms with E-state index >= 15 is 0 Å². The van der Waals surface area contributed by atoms with Crippen LogP contribution in [0, 0.1) is 5.92 Å². The molecular weight excluding hydrogens is 240 g/mol. The van der Waals surface area contributed by atoms with Crippen LogP contribution in [0.4, 0.5) is 11.4 Å². The maximum absolute atomic E-state index is 6.18. The summed E-state index contributed by atoms with van der Waals surface area (Å²) in [5.74, 6) is 2.41. The Balaban J connectivity index is 1.87. The van der Waals surface area contributed by atoms with Gasteiger partial charge < -0.3 is 20.1 Å². The summed E-state index contributed by atoms with van der Waals surface area (Å²) in [4.78, 5) is 2.39. The number of ether oxygens (including phenoxy) is 2. The van der Waals surface area contributed by atoms with Gasteiger partial charge in [0, 0.05) is 25.2 Å². The van der Waals surface area contributed by atoms with Gasteiger partial charge in [-0.15, -0.1) is 0 Å². The quantitative estimate of drug-likeness (QED) is 0.790. The van der Waals surface area contributed by atoms with E-state index in [1.165, 1.54) is 19.3 Å². The molecule has 104 valence electrons. The number of hydrogen-bond acceptors (Lipinski definition) is 4. The molecule has 2 N–H and O–H groups in total. The highest BCUT2D eigenvalue weighted by Gasteiger charge is 2.20. The SMILES string of the molecule is CC1CCCN(c2cc3c(cc2N)OCCO3)CC1. The van der Waals surface area contributed by atoms with Gasteiger partial charge in [-0.3, -0.25) is 0 Å². The van der Waals surface area contributed by atoms with E-state index in [4.69, 9.17) is 15.2 Å². The van der Waals surface area contributed by atoms with Crippen LogP contribution in [0.1, 0.15) is 26.2 Å².